The zero-order valence-corrected chi connectivity index (χ0v) is 26.4. The average Bonchev–Trinajstić information content (AvgIpc) is 3.67. The monoisotopic (exact) mass is 629 g/mol. The SMILES string of the molecule is CC(=O)N1CCc2c(c(N3CCCc4cc(-c5cn(C6CCNCC6)c6ccncc56)c(C(F)F)cc43)nn2C2CCOCC2)C1. The second-order valence-corrected chi connectivity index (χ2v) is 13.2. The van der Waals surface area contributed by atoms with E-state index in [0.717, 1.165) is 103 Å². The van der Waals surface area contributed by atoms with E-state index >= 15 is 8.78 Å². The summed E-state index contributed by atoms with van der Waals surface area (Å²) in [5, 5.41) is 9.57. The fourth-order valence-electron chi connectivity index (χ4n) is 8.13. The summed E-state index contributed by atoms with van der Waals surface area (Å²) in [6.07, 6.45) is 9.23. The number of carbonyl (C=O) groups is 1. The van der Waals surface area contributed by atoms with E-state index in [1.54, 1.807) is 19.2 Å². The summed E-state index contributed by atoms with van der Waals surface area (Å²) in [4.78, 5) is 20.9. The van der Waals surface area contributed by atoms with Gasteiger partial charge in [0.25, 0.3) is 6.43 Å². The van der Waals surface area contributed by atoms with Crippen molar-refractivity contribution in [3.8, 4) is 11.1 Å². The minimum Gasteiger partial charge on any atom is -0.381 e. The topological polar surface area (TPSA) is 80.5 Å². The first kappa shape index (κ1) is 29.6. The number of pyridine rings is 1. The molecule has 0 spiro atoms. The Morgan fingerprint density at radius 1 is 1.04 bits per heavy atom. The minimum atomic E-state index is -2.65. The third-order valence-corrected chi connectivity index (χ3v) is 10.5. The molecule has 0 atom stereocenters. The minimum absolute atomic E-state index is 0.0296. The molecule has 0 aliphatic carbocycles. The third kappa shape index (κ3) is 5.08. The first-order valence-electron chi connectivity index (χ1n) is 16.8. The van der Waals surface area contributed by atoms with Crippen LogP contribution in [0.3, 0.4) is 0 Å². The largest absolute Gasteiger partial charge is 0.381 e. The molecule has 3 aromatic heterocycles. The Morgan fingerprint density at radius 2 is 1.87 bits per heavy atom. The number of aromatic nitrogens is 4. The Bertz CT molecular complexity index is 1770. The molecule has 0 saturated carbocycles. The van der Waals surface area contributed by atoms with Crippen LogP contribution >= 0.6 is 0 Å². The summed E-state index contributed by atoms with van der Waals surface area (Å²) in [6.45, 7) is 6.72. The molecule has 0 bridgehead atoms. The quantitative estimate of drug-likeness (QED) is 0.287. The van der Waals surface area contributed by atoms with Crippen LogP contribution in [0.25, 0.3) is 22.0 Å². The van der Waals surface area contributed by atoms with Gasteiger partial charge in [0.2, 0.25) is 5.91 Å². The van der Waals surface area contributed by atoms with E-state index in [4.69, 9.17) is 9.84 Å². The number of anilines is 2. The predicted molar refractivity (Wildman–Crippen MR) is 173 cm³/mol. The lowest BCUT2D eigenvalue weighted by atomic mass is 9.91. The van der Waals surface area contributed by atoms with Gasteiger partial charge < -0.3 is 24.4 Å². The number of nitrogens with one attached hydrogen (secondary N) is 1. The van der Waals surface area contributed by atoms with Crippen LogP contribution in [-0.2, 0) is 28.9 Å². The lowest BCUT2D eigenvalue weighted by Crippen LogP contribution is -2.36. The van der Waals surface area contributed by atoms with Crippen molar-refractivity contribution < 1.29 is 18.3 Å². The Kier molecular flexibility index (Phi) is 7.76. The van der Waals surface area contributed by atoms with Gasteiger partial charge in [0.05, 0.1) is 18.1 Å². The number of fused-ring (bicyclic) bond motifs is 3. The Morgan fingerprint density at radius 3 is 2.65 bits per heavy atom. The zero-order chi connectivity index (χ0) is 31.4. The maximum atomic E-state index is 15.1. The number of benzene rings is 1. The van der Waals surface area contributed by atoms with E-state index < -0.39 is 6.43 Å². The van der Waals surface area contributed by atoms with Gasteiger partial charge in [-0.25, -0.2) is 8.78 Å². The normalized spacial score (nSPS) is 19.6. The van der Waals surface area contributed by atoms with Gasteiger partial charge in [-0.05, 0) is 80.9 Å². The van der Waals surface area contributed by atoms with Crippen molar-refractivity contribution in [3.63, 3.8) is 0 Å². The molecule has 4 aliphatic rings. The number of nitrogens with zero attached hydrogens (tertiary/aromatic N) is 6. The summed E-state index contributed by atoms with van der Waals surface area (Å²) in [6, 6.07) is 6.26. The van der Waals surface area contributed by atoms with Crippen LogP contribution in [0.5, 0.6) is 0 Å². The molecule has 4 aliphatic heterocycles. The summed E-state index contributed by atoms with van der Waals surface area (Å²) in [7, 11) is 0. The van der Waals surface area contributed by atoms with Crippen molar-refractivity contribution >= 4 is 28.3 Å². The fourth-order valence-corrected chi connectivity index (χ4v) is 8.13. The smallest absolute Gasteiger partial charge is 0.264 e. The fraction of sp³-hybridized carbons (Fsp3) is 0.514. The van der Waals surface area contributed by atoms with Crippen LogP contribution in [0.4, 0.5) is 20.3 Å². The number of halogens is 2. The molecule has 7 heterocycles. The number of aryl methyl sites for hydroxylation is 1. The highest BCUT2D eigenvalue weighted by Crippen LogP contribution is 2.45. The Balaban J connectivity index is 1.25. The van der Waals surface area contributed by atoms with Crippen molar-refractivity contribution in [1.82, 2.24) is 29.5 Å². The highest BCUT2D eigenvalue weighted by Gasteiger charge is 2.34. The summed E-state index contributed by atoms with van der Waals surface area (Å²) >= 11 is 0. The van der Waals surface area contributed by atoms with Gasteiger partial charge in [-0.15, -0.1) is 0 Å². The van der Waals surface area contributed by atoms with Crippen LogP contribution in [0.2, 0.25) is 0 Å². The molecule has 1 amide bonds. The lowest BCUT2D eigenvalue weighted by molar-refractivity contribution is -0.129. The molecule has 2 fully saturated rings. The van der Waals surface area contributed by atoms with Crippen LogP contribution < -0.4 is 10.2 Å². The summed E-state index contributed by atoms with van der Waals surface area (Å²) in [5.41, 5.74) is 6.51. The molecule has 0 radical (unpaired) electrons. The average molecular weight is 630 g/mol. The molecule has 46 heavy (non-hydrogen) atoms. The molecule has 1 N–H and O–H groups in total. The molecule has 1 aromatic carbocycles. The van der Waals surface area contributed by atoms with Gasteiger partial charge in [0.15, 0.2) is 5.82 Å². The number of rotatable bonds is 5. The van der Waals surface area contributed by atoms with E-state index in [1.807, 2.05) is 23.2 Å². The number of ether oxygens (including phenoxy) is 1. The van der Waals surface area contributed by atoms with E-state index in [-0.39, 0.29) is 17.5 Å². The highest BCUT2D eigenvalue weighted by atomic mass is 19.3. The van der Waals surface area contributed by atoms with Crippen LogP contribution in [0.1, 0.15) is 79.9 Å². The molecular formula is C35H41F2N7O2. The standard InChI is InChI=1S/C35H41F2N7O2/c1-22(45)41-14-7-32-30(20-41)35(40-44(32)25-8-15-46-16-9-25)42-13-2-3-23-17-26(27(34(36)37)18-33(23)42)29-21-43(24-4-10-38-11-5-24)31-6-12-39-19-28(29)31/h6,12,17-19,21,24-25,34,38H,2-5,7-11,13-16,20H2,1H3. The van der Waals surface area contributed by atoms with E-state index in [0.29, 0.717) is 44.5 Å². The van der Waals surface area contributed by atoms with Crippen molar-refractivity contribution in [2.45, 2.75) is 76.9 Å². The van der Waals surface area contributed by atoms with Crippen molar-refractivity contribution in [1.29, 1.82) is 0 Å². The number of hydrogen-bond donors (Lipinski definition) is 1. The third-order valence-electron chi connectivity index (χ3n) is 10.5. The number of hydrogen-bond acceptors (Lipinski definition) is 6. The number of piperidine rings is 1. The molecule has 8 rings (SSSR count). The summed E-state index contributed by atoms with van der Waals surface area (Å²) in [5.74, 6) is 0.838. The van der Waals surface area contributed by atoms with Gasteiger partial charge in [-0.1, -0.05) is 0 Å². The second kappa shape index (κ2) is 12.1. The summed E-state index contributed by atoms with van der Waals surface area (Å²) < 4.78 is 40.3. The van der Waals surface area contributed by atoms with Gasteiger partial charge in [-0.2, -0.15) is 5.10 Å². The zero-order valence-electron chi connectivity index (χ0n) is 26.4. The number of carbonyl (C=O) groups excluding carboxylic acids is 1. The maximum Gasteiger partial charge on any atom is 0.264 e. The predicted octanol–water partition coefficient (Wildman–Crippen LogP) is 6.10. The molecule has 2 saturated heterocycles. The maximum absolute atomic E-state index is 15.1. The Labute approximate surface area is 267 Å². The lowest BCUT2D eigenvalue weighted by Gasteiger charge is -2.33. The molecule has 4 aromatic rings. The highest BCUT2D eigenvalue weighted by molar-refractivity contribution is 5.97. The van der Waals surface area contributed by atoms with Crippen molar-refractivity contribution in [2.75, 3.05) is 44.3 Å². The molecule has 11 heteroatoms. The Hall–Kier alpha value is -3.83. The van der Waals surface area contributed by atoms with Crippen LogP contribution in [0.15, 0.2) is 36.8 Å². The van der Waals surface area contributed by atoms with Crippen LogP contribution in [0, 0.1) is 0 Å². The molecule has 242 valence electrons. The van der Waals surface area contributed by atoms with Gasteiger partial charge in [-0.3, -0.25) is 14.5 Å². The number of amides is 1. The van der Waals surface area contributed by atoms with Gasteiger partial charge >= 0.3 is 0 Å². The first-order chi connectivity index (χ1) is 22.5. The van der Waals surface area contributed by atoms with Crippen molar-refractivity contribution in [3.05, 3.63) is 59.2 Å². The molecular weight excluding hydrogens is 588 g/mol. The second-order valence-electron chi connectivity index (χ2n) is 13.2. The molecule has 0 unspecified atom stereocenters. The first-order valence-corrected chi connectivity index (χ1v) is 16.8. The van der Waals surface area contributed by atoms with Gasteiger partial charge in [0.1, 0.15) is 0 Å². The molecule has 9 nitrogen and oxygen atoms in total. The van der Waals surface area contributed by atoms with E-state index in [9.17, 15) is 4.79 Å². The van der Waals surface area contributed by atoms with Gasteiger partial charge in [0, 0.05) is 97.7 Å². The number of alkyl halides is 2. The van der Waals surface area contributed by atoms with E-state index in [2.05, 4.69) is 30.6 Å². The van der Waals surface area contributed by atoms with Crippen LogP contribution in [-0.4, -0.2) is 69.5 Å². The van der Waals surface area contributed by atoms with Crippen molar-refractivity contribution in [2.24, 2.45) is 0 Å². The van der Waals surface area contributed by atoms with E-state index in [1.165, 1.54) is 0 Å².